The summed E-state index contributed by atoms with van der Waals surface area (Å²) in [6.45, 7) is 9.52. The first-order chi connectivity index (χ1) is 16.1. The highest BCUT2D eigenvalue weighted by molar-refractivity contribution is 5.11. The van der Waals surface area contributed by atoms with Gasteiger partial charge in [-0.3, -0.25) is 5.10 Å². The van der Waals surface area contributed by atoms with Crippen molar-refractivity contribution in [3.8, 4) is 0 Å². The second-order valence-electron chi connectivity index (χ2n) is 13.6. The summed E-state index contributed by atoms with van der Waals surface area (Å²) in [5.41, 5.74) is 1.17. The third kappa shape index (κ3) is 4.39. The molecule has 1 aromatic heterocycles. The number of nitrogens with zero attached hydrogens (tertiary/aromatic N) is 1. The molecule has 3 N–H and O–H groups in total. The lowest BCUT2D eigenvalue weighted by Gasteiger charge is -2.62. The van der Waals surface area contributed by atoms with Crippen molar-refractivity contribution in [1.82, 2.24) is 10.2 Å². The van der Waals surface area contributed by atoms with E-state index in [2.05, 4.69) is 24.0 Å². The normalized spacial score (nSPS) is 44.4. The molecule has 4 aliphatic carbocycles. The zero-order chi connectivity index (χ0) is 24.1. The molecule has 1 aromatic rings. The van der Waals surface area contributed by atoms with Gasteiger partial charge in [0, 0.05) is 6.20 Å². The molecule has 0 radical (unpaired) electrons. The van der Waals surface area contributed by atoms with Gasteiger partial charge in [-0.1, -0.05) is 20.3 Å². The van der Waals surface area contributed by atoms with Crippen molar-refractivity contribution < 1.29 is 14.9 Å². The summed E-state index contributed by atoms with van der Waals surface area (Å²) in [6.07, 6.45) is 14.7. The van der Waals surface area contributed by atoms with Crippen LogP contribution in [-0.2, 0) is 11.3 Å². The highest BCUT2D eigenvalue weighted by Crippen LogP contribution is 2.68. The largest absolute Gasteiger partial charge is 0.390 e. The Morgan fingerprint density at radius 1 is 1.03 bits per heavy atom. The topological polar surface area (TPSA) is 78.4 Å². The minimum absolute atomic E-state index is 0.0570. The molecule has 0 aliphatic heterocycles. The van der Waals surface area contributed by atoms with Crippen molar-refractivity contribution in [1.29, 1.82) is 0 Å². The molecule has 1 heterocycles. The van der Waals surface area contributed by atoms with E-state index in [1.165, 1.54) is 44.9 Å². The number of nitrogens with one attached hydrogen (secondary N) is 1. The van der Waals surface area contributed by atoms with Gasteiger partial charge in [0.15, 0.2) is 0 Å². The maximum atomic E-state index is 11.4. The lowest BCUT2D eigenvalue weighted by Crippen LogP contribution is -2.58. The number of aliphatic hydroxyl groups is 2. The fourth-order valence-corrected chi connectivity index (χ4v) is 9.41. The van der Waals surface area contributed by atoms with Gasteiger partial charge in [-0.15, -0.1) is 0 Å². The minimum atomic E-state index is -0.536. The van der Waals surface area contributed by atoms with Gasteiger partial charge in [0.1, 0.15) is 0 Å². The Labute approximate surface area is 206 Å². The molecule has 0 bridgehead atoms. The SMILES string of the molecule is CC(C)(O)CCCC1CCC2C3CCC4C(O)C(OCc5ccn[nH]5)CCC4(C)C3CCC12C. The molecule has 5 rings (SSSR count). The summed E-state index contributed by atoms with van der Waals surface area (Å²) < 4.78 is 6.19. The Balaban J connectivity index is 1.24. The van der Waals surface area contributed by atoms with Crippen LogP contribution in [0.25, 0.3) is 0 Å². The van der Waals surface area contributed by atoms with Crippen molar-refractivity contribution in [3.63, 3.8) is 0 Å². The van der Waals surface area contributed by atoms with Crippen molar-refractivity contribution in [2.45, 2.75) is 123 Å². The highest BCUT2D eigenvalue weighted by Gasteiger charge is 2.61. The van der Waals surface area contributed by atoms with Crippen LogP contribution in [0.15, 0.2) is 12.3 Å². The molecule has 192 valence electrons. The number of H-pyrrole nitrogens is 1. The fraction of sp³-hybridized carbons (Fsp3) is 0.897. The van der Waals surface area contributed by atoms with Gasteiger partial charge < -0.3 is 14.9 Å². The molecule has 0 saturated heterocycles. The van der Waals surface area contributed by atoms with Crippen LogP contribution in [0.1, 0.15) is 104 Å². The predicted molar refractivity (Wildman–Crippen MR) is 134 cm³/mol. The lowest BCUT2D eigenvalue weighted by molar-refractivity contribution is -0.187. The summed E-state index contributed by atoms with van der Waals surface area (Å²) >= 11 is 0. The average molecular weight is 473 g/mol. The summed E-state index contributed by atoms with van der Waals surface area (Å²) in [5, 5.41) is 28.6. The number of aliphatic hydroxyl groups excluding tert-OH is 1. The van der Waals surface area contributed by atoms with Crippen LogP contribution in [-0.4, -0.2) is 38.2 Å². The average Bonchev–Trinajstić information content (AvgIpc) is 3.40. The van der Waals surface area contributed by atoms with Crippen LogP contribution >= 0.6 is 0 Å². The Hall–Kier alpha value is -0.910. The van der Waals surface area contributed by atoms with Crippen LogP contribution in [0, 0.1) is 40.4 Å². The lowest BCUT2D eigenvalue weighted by atomic mass is 9.44. The van der Waals surface area contributed by atoms with Gasteiger partial charge in [0.25, 0.3) is 0 Å². The van der Waals surface area contributed by atoms with E-state index in [9.17, 15) is 10.2 Å². The Morgan fingerprint density at radius 3 is 2.50 bits per heavy atom. The fourth-order valence-electron chi connectivity index (χ4n) is 9.41. The van der Waals surface area contributed by atoms with Crippen molar-refractivity contribution in [2.24, 2.45) is 40.4 Å². The van der Waals surface area contributed by atoms with E-state index in [-0.39, 0.29) is 17.6 Å². The molecule has 5 nitrogen and oxygen atoms in total. The first kappa shape index (κ1) is 24.8. The maximum Gasteiger partial charge on any atom is 0.0887 e. The van der Waals surface area contributed by atoms with Gasteiger partial charge in [-0.05, 0) is 125 Å². The molecule has 34 heavy (non-hydrogen) atoms. The van der Waals surface area contributed by atoms with Crippen molar-refractivity contribution in [3.05, 3.63) is 18.0 Å². The highest BCUT2D eigenvalue weighted by atomic mass is 16.5. The van der Waals surface area contributed by atoms with E-state index in [0.29, 0.717) is 17.9 Å². The molecular weight excluding hydrogens is 424 g/mol. The first-order valence-corrected chi connectivity index (χ1v) is 14.1. The third-order valence-corrected chi connectivity index (χ3v) is 11.3. The molecule has 5 heteroatoms. The number of rotatable bonds is 7. The van der Waals surface area contributed by atoms with Crippen molar-refractivity contribution >= 4 is 0 Å². The molecule has 9 unspecified atom stereocenters. The molecule has 4 aliphatic rings. The number of hydrogen-bond donors (Lipinski definition) is 3. The molecule has 4 saturated carbocycles. The smallest absolute Gasteiger partial charge is 0.0887 e. The van der Waals surface area contributed by atoms with Crippen LogP contribution < -0.4 is 0 Å². The predicted octanol–water partition coefficient (Wildman–Crippen LogP) is 5.87. The van der Waals surface area contributed by atoms with E-state index >= 15 is 0 Å². The van der Waals surface area contributed by atoms with Crippen molar-refractivity contribution in [2.75, 3.05) is 0 Å². The van der Waals surface area contributed by atoms with E-state index in [1.807, 2.05) is 19.9 Å². The van der Waals surface area contributed by atoms with Crippen LogP contribution in [0.5, 0.6) is 0 Å². The van der Waals surface area contributed by atoms with Gasteiger partial charge in [-0.25, -0.2) is 0 Å². The van der Waals surface area contributed by atoms with Crippen LogP contribution in [0.4, 0.5) is 0 Å². The second-order valence-corrected chi connectivity index (χ2v) is 13.6. The Bertz CT molecular complexity index is 820. The van der Waals surface area contributed by atoms with E-state index < -0.39 is 5.60 Å². The maximum absolute atomic E-state index is 11.4. The number of fused-ring (bicyclic) bond motifs is 5. The standard InChI is InChI=1S/C29H48N2O3/c1-27(2,33)14-5-6-19-7-9-22-21-8-10-24-26(32)25(34-18-20-13-17-30-31-20)12-16-29(24,4)23(21)11-15-28(19,22)3/h13,17,19,21-26,32-33H,5-12,14-16,18H2,1-4H3,(H,30,31). The molecule has 9 atom stereocenters. The number of ether oxygens (including phenoxy) is 1. The van der Waals surface area contributed by atoms with Gasteiger partial charge in [-0.2, -0.15) is 5.10 Å². The summed E-state index contributed by atoms with van der Waals surface area (Å²) in [6, 6.07) is 1.95. The monoisotopic (exact) mass is 472 g/mol. The third-order valence-electron chi connectivity index (χ3n) is 11.3. The zero-order valence-corrected chi connectivity index (χ0v) is 21.9. The molecule has 0 amide bonds. The molecule has 0 spiro atoms. The second kappa shape index (κ2) is 9.19. The van der Waals surface area contributed by atoms with E-state index in [1.54, 1.807) is 6.20 Å². The quantitative estimate of drug-likeness (QED) is 0.464. The van der Waals surface area contributed by atoms with E-state index in [4.69, 9.17) is 4.74 Å². The molecular formula is C29H48N2O3. The summed E-state index contributed by atoms with van der Waals surface area (Å²) in [7, 11) is 0. The summed E-state index contributed by atoms with van der Waals surface area (Å²) in [4.78, 5) is 0. The van der Waals surface area contributed by atoms with Crippen LogP contribution in [0.3, 0.4) is 0 Å². The minimum Gasteiger partial charge on any atom is -0.390 e. The van der Waals surface area contributed by atoms with Crippen LogP contribution in [0.2, 0.25) is 0 Å². The van der Waals surface area contributed by atoms with Gasteiger partial charge in [0.2, 0.25) is 0 Å². The van der Waals surface area contributed by atoms with E-state index in [0.717, 1.165) is 55.0 Å². The first-order valence-electron chi connectivity index (χ1n) is 14.1. The number of hydrogen-bond acceptors (Lipinski definition) is 4. The number of aromatic nitrogens is 2. The summed E-state index contributed by atoms with van der Waals surface area (Å²) in [5.74, 6) is 3.62. The Kier molecular flexibility index (Phi) is 6.70. The number of aromatic amines is 1. The molecule has 4 fully saturated rings. The van der Waals surface area contributed by atoms with Gasteiger partial charge in [0.05, 0.1) is 30.1 Å². The Morgan fingerprint density at radius 2 is 1.76 bits per heavy atom. The van der Waals surface area contributed by atoms with Gasteiger partial charge >= 0.3 is 0 Å². The zero-order valence-electron chi connectivity index (χ0n) is 21.9. The molecule has 0 aromatic carbocycles.